The molecule has 1 N–H and O–H groups in total. The van der Waals surface area contributed by atoms with Crippen molar-refractivity contribution in [1.82, 2.24) is 15.3 Å². The molecule has 26 heavy (non-hydrogen) atoms. The Hall–Kier alpha value is -0.783. The van der Waals surface area contributed by atoms with E-state index in [1.807, 2.05) is 0 Å². The third kappa shape index (κ3) is 3.76. The standard InChI is InChI=1S/C21H37N3OSi/c1-7-26(8-2,9-3)25-19(20-15(4)22-10-11-23-20)14-24-16-12-17-18(13-16)21(17,5)6/h10-11,16-19,24H,7-9,12-14H2,1-6H3/t16?,17-,18+,19?. The summed E-state index contributed by atoms with van der Waals surface area (Å²) in [5.41, 5.74) is 2.61. The number of fused-ring (bicyclic) bond motifs is 1. The molecule has 3 rings (SSSR count). The van der Waals surface area contributed by atoms with Gasteiger partial charge in [0.1, 0.15) is 6.10 Å². The molecule has 2 unspecified atom stereocenters. The maximum atomic E-state index is 6.87. The summed E-state index contributed by atoms with van der Waals surface area (Å²) in [4.78, 5) is 9.12. The molecule has 1 aromatic heterocycles. The van der Waals surface area contributed by atoms with Crippen molar-refractivity contribution in [3.05, 3.63) is 23.8 Å². The maximum Gasteiger partial charge on any atom is 0.193 e. The molecule has 1 aromatic rings. The highest BCUT2D eigenvalue weighted by molar-refractivity contribution is 6.73. The molecule has 2 aliphatic rings. The van der Waals surface area contributed by atoms with Gasteiger partial charge in [-0.1, -0.05) is 34.6 Å². The van der Waals surface area contributed by atoms with Crippen LogP contribution >= 0.6 is 0 Å². The summed E-state index contributed by atoms with van der Waals surface area (Å²) in [6.45, 7) is 14.6. The van der Waals surface area contributed by atoms with Gasteiger partial charge in [-0.05, 0) is 55.1 Å². The smallest absolute Gasteiger partial charge is 0.193 e. The summed E-state index contributed by atoms with van der Waals surface area (Å²) in [7, 11) is -1.70. The lowest BCUT2D eigenvalue weighted by molar-refractivity contribution is 0.173. The van der Waals surface area contributed by atoms with Gasteiger partial charge in [-0.3, -0.25) is 9.97 Å². The molecule has 2 fully saturated rings. The average molecular weight is 376 g/mol. The number of hydrogen-bond donors (Lipinski definition) is 1. The van der Waals surface area contributed by atoms with Gasteiger partial charge in [0.2, 0.25) is 0 Å². The zero-order chi connectivity index (χ0) is 18.9. The lowest BCUT2D eigenvalue weighted by atomic mass is 9.97. The third-order valence-corrected chi connectivity index (χ3v) is 12.2. The largest absolute Gasteiger partial charge is 0.407 e. The van der Waals surface area contributed by atoms with Crippen LogP contribution in [0.4, 0.5) is 0 Å². The van der Waals surface area contributed by atoms with E-state index in [4.69, 9.17) is 4.43 Å². The molecule has 2 aliphatic carbocycles. The van der Waals surface area contributed by atoms with Crippen LogP contribution in [0.3, 0.4) is 0 Å². The molecule has 0 bridgehead atoms. The van der Waals surface area contributed by atoms with E-state index in [1.54, 1.807) is 12.4 Å². The van der Waals surface area contributed by atoms with Crippen molar-refractivity contribution in [1.29, 1.82) is 0 Å². The highest BCUT2D eigenvalue weighted by Crippen LogP contribution is 2.66. The Labute approximate surface area is 160 Å². The Morgan fingerprint density at radius 2 is 1.69 bits per heavy atom. The van der Waals surface area contributed by atoms with Crippen LogP contribution < -0.4 is 5.32 Å². The predicted octanol–water partition coefficient (Wildman–Crippen LogP) is 4.87. The third-order valence-electron chi connectivity index (χ3n) is 7.51. The first-order chi connectivity index (χ1) is 12.4. The topological polar surface area (TPSA) is 47.0 Å². The van der Waals surface area contributed by atoms with E-state index >= 15 is 0 Å². The van der Waals surface area contributed by atoms with Crippen molar-refractivity contribution < 1.29 is 4.43 Å². The van der Waals surface area contributed by atoms with Crippen LogP contribution in [0.2, 0.25) is 18.1 Å². The average Bonchev–Trinajstić information content (AvgIpc) is 2.99. The molecule has 0 radical (unpaired) electrons. The Kier molecular flexibility index (Phi) is 5.90. The highest BCUT2D eigenvalue weighted by atomic mass is 28.4. The molecule has 146 valence electrons. The van der Waals surface area contributed by atoms with Gasteiger partial charge in [0, 0.05) is 25.0 Å². The maximum absolute atomic E-state index is 6.87. The second-order valence-electron chi connectivity index (χ2n) is 8.99. The fourth-order valence-corrected chi connectivity index (χ4v) is 7.97. The van der Waals surface area contributed by atoms with Gasteiger partial charge in [0.05, 0.1) is 11.4 Å². The number of aryl methyl sites for hydroxylation is 1. The Balaban J connectivity index is 1.69. The van der Waals surface area contributed by atoms with Gasteiger partial charge in [0.15, 0.2) is 8.32 Å². The van der Waals surface area contributed by atoms with E-state index < -0.39 is 8.32 Å². The van der Waals surface area contributed by atoms with E-state index in [9.17, 15) is 0 Å². The normalized spacial score (nSPS) is 28.0. The molecule has 0 saturated heterocycles. The van der Waals surface area contributed by atoms with Crippen LogP contribution in [0, 0.1) is 24.2 Å². The second-order valence-corrected chi connectivity index (χ2v) is 13.7. The minimum Gasteiger partial charge on any atom is -0.407 e. The molecule has 4 atom stereocenters. The van der Waals surface area contributed by atoms with Crippen molar-refractivity contribution in [2.45, 2.75) is 84.7 Å². The first-order valence-electron chi connectivity index (χ1n) is 10.6. The van der Waals surface area contributed by atoms with E-state index in [-0.39, 0.29) is 6.10 Å². The van der Waals surface area contributed by atoms with Crippen molar-refractivity contribution in [2.24, 2.45) is 17.3 Å². The number of nitrogens with one attached hydrogen (secondary N) is 1. The Morgan fingerprint density at radius 1 is 1.12 bits per heavy atom. The van der Waals surface area contributed by atoms with Crippen LogP contribution in [-0.2, 0) is 4.43 Å². The second kappa shape index (κ2) is 7.68. The molecule has 5 heteroatoms. The summed E-state index contributed by atoms with van der Waals surface area (Å²) in [5.74, 6) is 1.85. The Bertz CT molecular complexity index is 595. The van der Waals surface area contributed by atoms with Gasteiger partial charge in [-0.15, -0.1) is 0 Å². The molecule has 0 aromatic carbocycles. The minimum absolute atomic E-state index is 0.0279. The van der Waals surface area contributed by atoms with Crippen molar-refractivity contribution >= 4 is 8.32 Å². The van der Waals surface area contributed by atoms with Crippen LogP contribution in [0.15, 0.2) is 12.4 Å². The van der Waals surface area contributed by atoms with E-state index in [2.05, 4.69) is 56.8 Å². The summed E-state index contributed by atoms with van der Waals surface area (Å²) >= 11 is 0. The van der Waals surface area contributed by atoms with Gasteiger partial charge in [-0.2, -0.15) is 0 Å². The molecule has 4 nitrogen and oxygen atoms in total. The molecule has 0 aliphatic heterocycles. The van der Waals surface area contributed by atoms with Crippen molar-refractivity contribution in [2.75, 3.05) is 6.54 Å². The Morgan fingerprint density at radius 3 is 2.23 bits per heavy atom. The molecular formula is C21H37N3OSi. The summed E-state index contributed by atoms with van der Waals surface area (Å²) in [5, 5.41) is 3.83. The molecular weight excluding hydrogens is 338 g/mol. The zero-order valence-corrected chi connectivity index (χ0v) is 18.5. The summed E-state index contributed by atoms with van der Waals surface area (Å²) in [6.07, 6.45) is 6.25. The van der Waals surface area contributed by atoms with E-state index in [1.165, 1.54) is 12.8 Å². The fourth-order valence-electron chi connectivity index (χ4n) is 5.17. The number of rotatable bonds is 9. The van der Waals surface area contributed by atoms with Crippen molar-refractivity contribution in [3.8, 4) is 0 Å². The first-order valence-corrected chi connectivity index (χ1v) is 13.1. The van der Waals surface area contributed by atoms with Crippen LogP contribution in [0.5, 0.6) is 0 Å². The zero-order valence-electron chi connectivity index (χ0n) is 17.5. The lowest BCUT2D eigenvalue weighted by Crippen LogP contribution is -2.42. The summed E-state index contributed by atoms with van der Waals surface area (Å²) < 4.78 is 6.87. The van der Waals surface area contributed by atoms with Gasteiger partial charge < -0.3 is 9.74 Å². The van der Waals surface area contributed by atoms with E-state index in [0.29, 0.717) is 11.5 Å². The van der Waals surface area contributed by atoms with Crippen molar-refractivity contribution in [3.63, 3.8) is 0 Å². The van der Waals surface area contributed by atoms with Crippen LogP contribution in [0.25, 0.3) is 0 Å². The quantitative estimate of drug-likeness (QED) is 0.625. The number of nitrogens with zero attached hydrogens (tertiary/aromatic N) is 2. The number of hydrogen-bond acceptors (Lipinski definition) is 4. The van der Waals surface area contributed by atoms with Gasteiger partial charge >= 0.3 is 0 Å². The van der Waals surface area contributed by atoms with Gasteiger partial charge in [0.25, 0.3) is 0 Å². The molecule has 0 amide bonds. The lowest BCUT2D eigenvalue weighted by Gasteiger charge is -2.34. The molecule has 1 heterocycles. The molecule has 0 spiro atoms. The minimum atomic E-state index is -1.70. The highest BCUT2D eigenvalue weighted by Gasteiger charge is 2.61. The number of aromatic nitrogens is 2. The predicted molar refractivity (Wildman–Crippen MR) is 110 cm³/mol. The SMILES string of the molecule is CC[Si](CC)(CC)OC(CNC1C[C@@H]2[C@H](C1)C2(C)C)c1nccnc1C. The molecule has 2 saturated carbocycles. The van der Waals surface area contributed by atoms with Gasteiger partial charge in [-0.25, -0.2) is 0 Å². The fraction of sp³-hybridized carbons (Fsp3) is 0.810. The monoisotopic (exact) mass is 375 g/mol. The van der Waals surface area contributed by atoms with Crippen LogP contribution in [0.1, 0.15) is 65.0 Å². The summed E-state index contributed by atoms with van der Waals surface area (Å²) in [6, 6.07) is 4.13. The van der Waals surface area contributed by atoms with Crippen LogP contribution in [-0.4, -0.2) is 30.9 Å². The van der Waals surface area contributed by atoms with E-state index in [0.717, 1.165) is 47.9 Å². The first kappa shape index (κ1) is 20.0.